The molecule has 0 amide bonds. The molecule has 8 heteroatoms. The summed E-state index contributed by atoms with van der Waals surface area (Å²) in [5, 5.41) is 27.3. The molecule has 0 unspecified atom stereocenters. The van der Waals surface area contributed by atoms with Crippen LogP contribution in [0.2, 0.25) is 0 Å². The molecule has 1 saturated heterocycles. The topological polar surface area (TPSA) is 73.0 Å². The highest BCUT2D eigenvalue weighted by Crippen LogP contribution is 2.36. The second-order valence-corrected chi connectivity index (χ2v) is 7.20. The predicted molar refractivity (Wildman–Crippen MR) is 97.4 cm³/mol. The summed E-state index contributed by atoms with van der Waals surface area (Å²) in [6.07, 6.45) is -1.69. The minimum Gasteiger partial charge on any atom is -0.507 e. The van der Waals surface area contributed by atoms with Crippen molar-refractivity contribution < 1.29 is 18.3 Å². The number of rotatable bonds is 4. The molecule has 1 aromatic carbocycles. The molecule has 1 aromatic heterocycles. The van der Waals surface area contributed by atoms with E-state index in [9.17, 15) is 18.3 Å². The molecule has 148 valence electrons. The van der Waals surface area contributed by atoms with Gasteiger partial charge in [-0.2, -0.15) is 23.5 Å². The van der Waals surface area contributed by atoms with Gasteiger partial charge in [0, 0.05) is 12.1 Å². The average molecular weight is 390 g/mol. The Bertz CT molecular complexity index is 892. The van der Waals surface area contributed by atoms with Crippen molar-refractivity contribution in [2.24, 2.45) is 5.92 Å². The molecule has 5 nitrogen and oxygen atoms in total. The van der Waals surface area contributed by atoms with Crippen molar-refractivity contribution in [3.05, 3.63) is 41.1 Å². The zero-order valence-corrected chi connectivity index (χ0v) is 15.5. The fourth-order valence-electron chi connectivity index (χ4n) is 3.67. The fourth-order valence-corrected chi connectivity index (χ4v) is 3.67. The monoisotopic (exact) mass is 390 g/mol. The Morgan fingerprint density at radius 2 is 2.07 bits per heavy atom. The van der Waals surface area contributed by atoms with Crippen molar-refractivity contribution in [1.29, 1.82) is 5.26 Å². The third kappa shape index (κ3) is 4.60. The van der Waals surface area contributed by atoms with Crippen molar-refractivity contribution in [3.8, 4) is 23.1 Å². The highest BCUT2D eigenvalue weighted by Gasteiger charge is 2.31. The Morgan fingerprint density at radius 3 is 2.71 bits per heavy atom. The predicted octanol–water partition coefficient (Wildman–Crippen LogP) is 3.95. The lowest BCUT2D eigenvalue weighted by Gasteiger charge is -2.30. The fraction of sp³-hybridized carbons (Fsp3) is 0.450. The van der Waals surface area contributed by atoms with E-state index in [4.69, 9.17) is 5.26 Å². The van der Waals surface area contributed by atoms with Crippen LogP contribution in [0.25, 0.3) is 11.3 Å². The summed E-state index contributed by atoms with van der Waals surface area (Å²) in [4.78, 5) is 2.13. The van der Waals surface area contributed by atoms with Gasteiger partial charge in [-0.3, -0.25) is 4.90 Å². The van der Waals surface area contributed by atoms with Crippen molar-refractivity contribution in [2.45, 2.75) is 32.4 Å². The molecule has 28 heavy (non-hydrogen) atoms. The number of hydrogen-bond donors (Lipinski definition) is 1. The smallest absolute Gasteiger partial charge is 0.416 e. The molecule has 2 aromatic rings. The number of piperidine rings is 1. The van der Waals surface area contributed by atoms with Crippen LogP contribution in [0.15, 0.2) is 24.3 Å². The van der Waals surface area contributed by atoms with Crippen LogP contribution in [0, 0.1) is 24.2 Å². The number of aromatic nitrogens is 2. The number of halogens is 3. The van der Waals surface area contributed by atoms with E-state index in [2.05, 4.69) is 21.2 Å². The molecule has 1 aliphatic heterocycles. The number of aromatic hydroxyl groups is 1. The van der Waals surface area contributed by atoms with Gasteiger partial charge in [-0.15, -0.1) is 5.10 Å². The first-order valence-electron chi connectivity index (χ1n) is 9.11. The van der Waals surface area contributed by atoms with E-state index in [1.165, 1.54) is 6.07 Å². The molecule has 3 rings (SSSR count). The molecule has 1 N–H and O–H groups in total. The van der Waals surface area contributed by atoms with E-state index >= 15 is 0 Å². The van der Waals surface area contributed by atoms with Crippen LogP contribution in [0.4, 0.5) is 13.2 Å². The Hall–Kier alpha value is -2.66. The Morgan fingerprint density at radius 1 is 1.29 bits per heavy atom. The zero-order chi connectivity index (χ0) is 20.3. The SMILES string of the molecule is Cc1cc(C[C@@H]2CCCN(CC#N)C2)nnc1-c1ccc(C(F)(F)F)cc1O. The van der Waals surface area contributed by atoms with Gasteiger partial charge in [0.05, 0.1) is 29.6 Å². The van der Waals surface area contributed by atoms with Crippen LogP contribution in [0.3, 0.4) is 0 Å². The van der Waals surface area contributed by atoms with E-state index in [-0.39, 0.29) is 5.56 Å². The van der Waals surface area contributed by atoms with Crippen molar-refractivity contribution in [1.82, 2.24) is 15.1 Å². The van der Waals surface area contributed by atoms with Gasteiger partial charge < -0.3 is 5.11 Å². The van der Waals surface area contributed by atoms with Crippen LogP contribution in [0.5, 0.6) is 5.75 Å². The van der Waals surface area contributed by atoms with Gasteiger partial charge in [-0.05, 0) is 68.5 Å². The molecule has 0 bridgehead atoms. The quantitative estimate of drug-likeness (QED) is 0.800. The van der Waals surface area contributed by atoms with E-state index < -0.39 is 17.5 Å². The normalized spacial score (nSPS) is 18.0. The van der Waals surface area contributed by atoms with Crippen LogP contribution < -0.4 is 0 Å². The maximum Gasteiger partial charge on any atom is 0.416 e. The van der Waals surface area contributed by atoms with Crippen LogP contribution >= 0.6 is 0 Å². The van der Waals surface area contributed by atoms with Gasteiger partial charge in [0.25, 0.3) is 0 Å². The first kappa shape index (κ1) is 20.1. The molecule has 1 atom stereocenters. The molecular weight excluding hydrogens is 369 g/mol. The minimum absolute atomic E-state index is 0.224. The standard InChI is InChI=1S/C20H21F3N4O/c1-13-9-16(10-14-3-2-7-27(12-14)8-6-24)25-26-19(13)17-5-4-15(11-18(17)28)20(21,22)23/h4-5,9,11,14,28H,2-3,7-8,10,12H2,1H3/t14-/m0/s1. The van der Waals surface area contributed by atoms with Crippen LogP contribution in [-0.4, -0.2) is 39.8 Å². The highest BCUT2D eigenvalue weighted by molar-refractivity contribution is 5.69. The number of nitrogens with zero attached hydrogens (tertiary/aromatic N) is 4. The molecule has 1 aliphatic rings. The molecule has 0 saturated carbocycles. The number of likely N-dealkylation sites (tertiary alicyclic amines) is 1. The second kappa shape index (κ2) is 8.15. The lowest BCUT2D eigenvalue weighted by molar-refractivity contribution is -0.137. The lowest BCUT2D eigenvalue weighted by atomic mass is 9.92. The summed E-state index contributed by atoms with van der Waals surface area (Å²) < 4.78 is 38.3. The Balaban J connectivity index is 1.77. The Labute approximate surface area is 161 Å². The third-order valence-electron chi connectivity index (χ3n) is 5.01. The van der Waals surface area contributed by atoms with Crippen molar-refractivity contribution >= 4 is 0 Å². The molecule has 2 heterocycles. The molecule has 0 spiro atoms. The Kier molecular flexibility index (Phi) is 5.84. The number of nitriles is 1. The number of aryl methyl sites for hydroxylation is 1. The van der Waals surface area contributed by atoms with E-state index in [1.807, 2.05) is 6.07 Å². The van der Waals surface area contributed by atoms with Crippen molar-refractivity contribution in [2.75, 3.05) is 19.6 Å². The summed E-state index contributed by atoms with van der Waals surface area (Å²) in [7, 11) is 0. The number of hydrogen-bond acceptors (Lipinski definition) is 5. The number of alkyl halides is 3. The maximum absolute atomic E-state index is 12.8. The molecule has 1 fully saturated rings. The third-order valence-corrected chi connectivity index (χ3v) is 5.01. The zero-order valence-electron chi connectivity index (χ0n) is 15.5. The van der Waals surface area contributed by atoms with Crippen molar-refractivity contribution in [3.63, 3.8) is 0 Å². The van der Waals surface area contributed by atoms with E-state index in [0.29, 0.717) is 24.2 Å². The summed E-state index contributed by atoms with van der Waals surface area (Å²) in [6.45, 7) is 4.00. The van der Waals surface area contributed by atoms with Crippen LogP contribution in [0.1, 0.15) is 29.7 Å². The summed E-state index contributed by atoms with van der Waals surface area (Å²) in [5.74, 6) is -0.0828. The second-order valence-electron chi connectivity index (χ2n) is 7.20. The average Bonchev–Trinajstić information content (AvgIpc) is 2.62. The van der Waals surface area contributed by atoms with Gasteiger partial charge in [0.2, 0.25) is 0 Å². The molecular formula is C20H21F3N4O. The first-order chi connectivity index (χ1) is 13.3. The summed E-state index contributed by atoms with van der Waals surface area (Å²) >= 11 is 0. The maximum atomic E-state index is 12.8. The summed E-state index contributed by atoms with van der Waals surface area (Å²) in [6, 6.07) is 6.89. The van der Waals surface area contributed by atoms with Gasteiger partial charge >= 0.3 is 6.18 Å². The van der Waals surface area contributed by atoms with Gasteiger partial charge in [0.1, 0.15) is 5.75 Å². The number of phenols is 1. The van der Waals surface area contributed by atoms with E-state index in [0.717, 1.165) is 49.7 Å². The van der Waals surface area contributed by atoms with E-state index in [1.54, 1.807) is 6.92 Å². The van der Waals surface area contributed by atoms with Gasteiger partial charge in [-0.25, -0.2) is 0 Å². The number of benzene rings is 1. The van der Waals surface area contributed by atoms with Gasteiger partial charge in [-0.1, -0.05) is 0 Å². The van der Waals surface area contributed by atoms with Gasteiger partial charge in [0.15, 0.2) is 0 Å². The largest absolute Gasteiger partial charge is 0.507 e. The first-order valence-corrected chi connectivity index (χ1v) is 9.11. The summed E-state index contributed by atoms with van der Waals surface area (Å²) in [5.41, 5.74) is 1.23. The minimum atomic E-state index is -4.51. The lowest BCUT2D eigenvalue weighted by Crippen LogP contribution is -2.36. The molecule has 0 aliphatic carbocycles. The number of phenolic OH excluding ortho intramolecular Hbond substituents is 1. The highest BCUT2D eigenvalue weighted by atomic mass is 19.4. The van der Waals surface area contributed by atoms with Crippen LogP contribution in [-0.2, 0) is 12.6 Å². The molecule has 0 radical (unpaired) electrons.